The van der Waals surface area contributed by atoms with Crippen LogP contribution in [-0.2, 0) is 0 Å². The number of nitrogens with one attached hydrogen (secondary N) is 2. The van der Waals surface area contributed by atoms with E-state index in [1.165, 1.54) is 30.5 Å². The summed E-state index contributed by atoms with van der Waals surface area (Å²) in [5.41, 5.74) is 0.540. The highest BCUT2D eigenvalue weighted by atomic mass is 35.5. The molecule has 0 aliphatic heterocycles. The van der Waals surface area contributed by atoms with Crippen molar-refractivity contribution in [1.29, 1.82) is 0 Å². The van der Waals surface area contributed by atoms with Crippen LogP contribution in [0, 0.1) is 5.82 Å². The third-order valence-corrected chi connectivity index (χ3v) is 4.02. The van der Waals surface area contributed by atoms with Crippen LogP contribution in [0.15, 0.2) is 57.2 Å². The lowest BCUT2D eigenvalue weighted by atomic mass is 10.2. The number of H-pyrrole nitrogens is 2. The summed E-state index contributed by atoms with van der Waals surface area (Å²) in [5.74, 6) is -0.384. The third kappa shape index (κ3) is 2.64. The van der Waals surface area contributed by atoms with Gasteiger partial charge in [-0.25, -0.2) is 9.18 Å². The molecule has 0 bridgehead atoms. The second-order valence-corrected chi connectivity index (χ2v) is 5.84. The molecule has 0 aliphatic rings. The Morgan fingerprint density at radius 2 is 1.80 bits per heavy atom. The molecule has 0 fully saturated rings. The Labute approximate surface area is 144 Å². The van der Waals surface area contributed by atoms with Gasteiger partial charge in [0.15, 0.2) is 0 Å². The molecule has 0 saturated heterocycles. The predicted molar refractivity (Wildman–Crippen MR) is 95.1 cm³/mol. The van der Waals surface area contributed by atoms with Gasteiger partial charge < -0.3 is 9.97 Å². The van der Waals surface area contributed by atoms with Crippen LogP contribution in [0.5, 0.6) is 0 Å². The maximum Gasteiger partial charge on any atom is 0.350 e. The number of aromatic amines is 2. The molecule has 4 rings (SSSR count). The molecule has 124 valence electrons. The van der Waals surface area contributed by atoms with Crippen LogP contribution < -0.4 is 11.2 Å². The van der Waals surface area contributed by atoms with Gasteiger partial charge in [-0.2, -0.15) is 5.10 Å². The predicted octanol–water partition coefficient (Wildman–Crippen LogP) is 2.85. The van der Waals surface area contributed by atoms with E-state index in [0.717, 1.165) is 0 Å². The van der Waals surface area contributed by atoms with Crippen molar-refractivity contribution in [3.05, 3.63) is 79.7 Å². The van der Waals surface area contributed by atoms with Crippen LogP contribution in [0.1, 0.15) is 5.56 Å². The number of benzene rings is 2. The van der Waals surface area contributed by atoms with E-state index in [1.54, 1.807) is 18.2 Å². The van der Waals surface area contributed by atoms with Gasteiger partial charge in [-0.3, -0.25) is 4.79 Å². The summed E-state index contributed by atoms with van der Waals surface area (Å²) in [6.07, 6.45) is 1.31. The molecule has 0 amide bonds. The molecule has 8 heteroatoms. The largest absolute Gasteiger partial charge is 0.350 e. The van der Waals surface area contributed by atoms with Gasteiger partial charge in [0.2, 0.25) is 0 Å². The third-order valence-electron chi connectivity index (χ3n) is 3.78. The van der Waals surface area contributed by atoms with Crippen LogP contribution in [0.4, 0.5) is 4.39 Å². The van der Waals surface area contributed by atoms with Crippen LogP contribution in [0.3, 0.4) is 0 Å². The van der Waals surface area contributed by atoms with E-state index in [4.69, 9.17) is 11.6 Å². The maximum atomic E-state index is 12.9. The minimum absolute atomic E-state index is 0.216. The van der Waals surface area contributed by atoms with Crippen molar-refractivity contribution < 1.29 is 4.39 Å². The number of fused-ring (bicyclic) bond motifs is 3. The molecule has 0 radical (unpaired) electrons. The van der Waals surface area contributed by atoms with Gasteiger partial charge in [-0.05, 0) is 35.9 Å². The first-order valence-corrected chi connectivity index (χ1v) is 7.67. The summed E-state index contributed by atoms with van der Waals surface area (Å²) in [5, 5.41) is 5.05. The van der Waals surface area contributed by atoms with Gasteiger partial charge in [0.05, 0.1) is 11.7 Å². The number of halogens is 2. The molecular weight excluding hydrogens is 347 g/mol. The van der Waals surface area contributed by atoms with E-state index in [1.807, 2.05) is 0 Å². The average molecular weight is 357 g/mol. The lowest BCUT2D eigenvalue weighted by Gasteiger charge is -1.98. The number of nitrogens with zero attached hydrogens (tertiary/aromatic N) is 2. The number of rotatable bonds is 2. The van der Waals surface area contributed by atoms with Crippen LogP contribution in [0.2, 0.25) is 5.02 Å². The fourth-order valence-electron chi connectivity index (χ4n) is 2.59. The molecule has 0 atom stereocenters. The Kier molecular flexibility index (Phi) is 3.51. The summed E-state index contributed by atoms with van der Waals surface area (Å²) in [4.78, 5) is 30.4. The minimum Gasteiger partial charge on any atom is -0.349 e. The zero-order valence-electron chi connectivity index (χ0n) is 12.6. The Balaban J connectivity index is 1.90. The van der Waals surface area contributed by atoms with E-state index in [2.05, 4.69) is 15.1 Å². The van der Waals surface area contributed by atoms with E-state index in [9.17, 15) is 14.0 Å². The summed E-state index contributed by atoms with van der Waals surface area (Å²) < 4.78 is 13.6. The Morgan fingerprint density at radius 1 is 1.04 bits per heavy atom. The summed E-state index contributed by atoms with van der Waals surface area (Å²) in [6, 6.07) is 10.6. The molecule has 2 aromatic carbocycles. The van der Waals surface area contributed by atoms with E-state index in [0.29, 0.717) is 31.7 Å². The van der Waals surface area contributed by atoms with Gasteiger partial charge in [-0.15, -0.1) is 4.68 Å². The Morgan fingerprint density at radius 3 is 2.56 bits per heavy atom. The van der Waals surface area contributed by atoms with Crippen molar-refractivity contribution >= 4 is 39.8 Å². The van der Waals surface area contributed by atoms with Crippen molar-refractivity contribution in [1.82, 2.24) is 14.6 Å². The van der Waals surface area contributed by atoms with E-state index in [-0.39, 0.29) is 11.3 Å². The van der Waals surface area contributed by atoms with Gasteiger partial charge >= 0.3 is 11.2 Å². The molecule has 4 aromatic rings. The molecule has 2 heterocycles. The zero-order valence-corrected chi connectivity index (χ0v) is 13.3. The molecular formula is C17H10ClFN4O2. The SMILES string of the molecule is O=c1[nH]c2c([nH]c3ccc(Cl)cc32)c(=O)n1N=Cc1ccc(F)cc1. The second-order valence-electron chi connectivity index (χ2n) is 5.41. The topological polar surface area (TPSA) is 83.0 Å². The number of hydrogen-bond acceptors (Lipinski definition) is 3. The van der Waals surface area contributed by atoms with Crippen molar-refractivity contribution in [3.8, 4) is 0 Å². The van der Waals surface area contributed by atoms with Gasteiger partial charge in [-0.1, -0.05) is 23.7 Å². The average Bonchev–Trinajstić information content (AvgIpc) is 2.94. The first-order valence-electron chi connectivity index (χ1n) is 7.29. The standard InChI is InChI=1S/C17H10ClFN4O2/c18-10-3-6-13-12(7-10)14-15(21-13)16(24)23(17(25)22-14)20-8-9-1-4-11(19)5-2-9/h1-8,21H,(H,22,25). The quantitative estimate of drug-likeness (QED) is 0.541. The van der Waals surface area contributed by atoms with Crippen LogP contribution in [-0.4, -0.2) is 20.9 Å². The van der Waals surface area contributed by atoms with Gasteiger partial charge in [0.1, 0.15) is 11.3 Å². The van der Waals surface area contributed by atoms with Gasteiger partial charge in [0, 0.05) is 15.9 Å². The molecule has 0 spiro atoms. The van der Waals surface area contributed by atoms with Crippen LogP contribution >= 0.6 is 11.6 Å². The molecule has 0 unspecified atom stereocenters. The van der Waals surface area contributed by atoms with E-state index < -0.39 is 11.2 Å². The molecule has 2 aromatic heterocycles. The number of hydrogen-bond donors (Lipinski definition) is 2. The summed E-state index contributed by atoms with van der Waals surface area (Å²) >= 11 is 5.98. The van der Waals surface area contributed by atoms with E-state index >= 15 is 0 Å². The highest BCUT2D eigenvalue weighted by Gasteiger charge is 2.12. The molecule has 6 nitrogen and oxygen atoms in total. The highest BCUT2D eigenvalue weighted by molar-refractivity contribution is 6.31. The fraction of sp³-hybridized carbons (Fsp3) is 0. The zero-order chi connectivity index (χ0) is 17.6. The normalized spacial score (nSPS) is 11.8. The maximum absolute atomic E-state index is 12.9. The first-order chi connectivity index (χ1) is 12.0. The Hall–Kier alpha value is -3.19. The van der Waals surface area contributed by atoms with Crippen molar-refractivity contribution in [2.75, 3.05) is 0 Å². The first kappa shape index (κ1) is 15.3. The van der Waals surface area contributed by atoms with Crippen LogP contribution in [0.25, 0.3) is 21.9 Å². The lowest BCUT2D eigenvalue weighted by Crippen LogP contribution is -2.32. The molecule has 0 saturated carbocycles. The second kappa shape index (κ2) is 5.71. The van der Waals surface area contributed by atoms with Crippen molar-refractivity contribution in [2.45, 2.75) is 0 Å². The summed E-state index contributed by atoms with van der Waals surface area (Å²) in [6.45, 7) is 0. The highest BCUT2D eigenvalue weighted by Crippen LogP contribution is 2.24. The van der Waals surface area contributed by atoms with Crippen molar-refractivity contribution in [2.24, 2.45) is 5.10 Å². The lowest BCUT2D eigenvalue weighted by molar-refractivity contribution is 0.628. The monoisotopic (exact) mass is 356 g/mol. The Bertz CT molecular complexity index is 1250. The fourth-order valence-corrected chi connectivity index (χ4v) is 2.76. The smallest absolute Gasteiger partial charge is 0.349 e. The van der Waals surface area contributed by atoms with Gasteiger partial charge in [0.25, 0.3) is 0 Å². The molecule has 25 heavy (non-hydrogen) atoms. The minimum atomic E-state index is -0.684. The summed E-state index contributed by atoms with van der Waals surface area (Å²) in [7, 11) is 0. The molecule has 0 aliphatic carbocycles. The van der Waals surface area contributed by atoms with Crippen molar-refractivity contribution in [3.63, 3.8) is 0 Å². The number of aromatic nitrogens is 3. The molecule has 2 N–H and O–H groups in total.